The van der Waals surface area contributed by atoms with Crippen molar-refractivity contribution in [2.45, 2.75) is 55.9 Å². The molecule has 1 atom stereocenters. The van der Waals surface area contributed by atoms with Crippen LogP contribution in [0, 0.1) is 0 Å². The third kappa shape index (κ3) is 1.67. The molecule has 1 saturated carbocycles. The molecule has 1 aromatic heterocycles. The fraction of sp³-hybridized carbons (Fsp3) is 0.727. The Morgan fingerprint density at radius 3 is 3.12 bits per heavy atom. The zero-order valence-corrected chi connectivity index (χ0v) is 10.3. The summed E-state index contributed by atoms with van der Waals surface area (Å²) in [6.45, 7) is 2.10. The summed E-state index contributed by atoms with van der Waals surface area (Å²) in [4.78, 5) is 0. The van der Waals surface area contributed by atoms with E-state index >= 15 is 0 Å². The number of nitrogens with zero attached hydrogens (tertiary/aromatic N) is 4. The fourth-order valence-electron chi connectivity index (χ4n) is 2.33. The summed E-state index contributed by atoms with van der Waals surface area (Å²) in [5, 5.41) is 14.7. The highest BCUT2D eigenvalue weighted by Crippen LogP contribution is 2.34. The van der Waals surface area contributed by atoms with E-state index in [1.807, 2.05) is 16.4 Å². The van der Waals surface area contributed by atoms with Crippen LogP contribution in [-0.2, 0) is 6.42 Å². The van der Waals surface area contributed by atoms with Gasteiger partial charge in [0.1, 0.15) is 0 Å². The number of rotatable bonds is 1. The molecule has 16 heavy (non-hydrogen) atoms. The smallest absolute Gasteiger partial charge is 0.192 e. The SMILES string of the molecule is CCc1nnc2n1N=C1CCCCCC1S2. The minimum Gasteiger partial charge on any atom is -0.192 e. The average molecular weight is 236 g/mol. The van der Waals surface area contributed by atoms with Gasteiger partial charge in [0.05, 0.1) is 11.0 Å². The molecular weight excluding hydrogens is 220 g/mol. The van der Waals surface area contributed by atoms with Gasteiger partial charge in [-0.2, -0.15) is 9.78 Å². The Kier molecular flexibility index (Phi) is 2.71. The van der Waals surface area contributed by atoms with Crippen molar-refractivity contribution in [2.24, 2.45) is 5.10 Å². The summed E-state index contributed by atoms with van der Waals surface area (Å²) in [6.07, 6.45) is 7.25. The van der Waals surface area contributed by atoms with Crippen LogP contribution in [0.1, 0.15) is 44.9 Å². The molecule has 4 nitrogen and oxygen atoms in total. The molecule has 2 aliphatic rings. The number of aryl methyl sites for hydroxylation is 1. The van der Waals surface area contributed by atoms with Crippen LogP contribution in [0.3, 0.4) is 0 Å². The van der Waals surface area contributed by atoms with Gasteiger partial charge in [-0.05, 0) is 19.3 Å². The maximum Gasteiger partial charge on any atom is 0.212 e. The summed E-state index contributed by atoms with van der Waals surface area (Å²) in [7, 11) is 0. The molecule has 1 fully saturated rings. The van der Waals surface area contributed by atoms with E-state index in [4.69, 9.17) is 5.10 Å². The lowest BCUT2D eigenvalue weighted by Gasteiger charge is -2.20. The topological polar surface area (TPSA) is 43.1 Å². The van der Waals surface area contributed by atoms with E-state index in [0.29, 0.717) is 5.25 Å². The third-order valence-electron chi connectivity index (χ3n) is 3.24. The third-order valence-corrected chi connectivity index (χ3v) is 4.50. The quantitative estimate of drug-likeness (QED) is 0.752. The van der Waals surface area contributed by atoms with Gasteiger partial charge in [0.2, 0.25) is 5.16 Å². The molecule has 1 unspecified atom stereocenters. The van der Waals surface area contributed by atoms with Crippen LogP contribution in [0.25, 0.3) is 0 Å². The molecule has 0 spiro atoms. The second-order valence-electron chi connectivity index (χ2n) is 4.36. The first-order valence-electron chi connectivity index (χ1n) is 6.07. The second-order valence-corrected chi connectivity index (χ2v) is 5.53. The van der Waals surface area contributed by atoms with Gasteiger partial charge in [-0.3, -0.25) is 0 Å². The maximum atomic E-state index is 4.75. The predicted octanol–water partition coefficient (Wildman–Crippen LogP) is 2.48. The number of aromatic nitrogens is 3. The van der Waals surface area contributed by atoms with Gasteiger partial charge in [-0.1, -0.05) is 31.5 Å². The van der Waals surface area contributed by atoms with Gasteiger partial charge in [-0.25, -0.2) is 0 Å². The van der Waals surface area contributed by atoms with E-state index in [2.05, 4.69) is 17.1 Å². The van der Waals surface area contributed by atoms with E-state index in [0.717, 1.165) is 23.8 Å². The van der Waals surface area contributed by atoms with Crippen molar-refractivity contribution >= 4 is 17.5 Å². The van der Waals surface area contributed by atoms with Gasteiger partial charge in [0.15, 0.2) is 5.82 Å². The molecule has 1 aliphatic heterocycles. The van der Waals surface area contributed by atoms with E-state index in [1.165, 1.54) is 31.4 Å². The summed E-state index contributed by atoms with van der Waals surface area (Å²) in [5.41, 5.74) is 1.35. The summed E-state index contributed by atoms with van der Waals surface area (Å²) < 4.78 is 1.95. The normalized spacial score (nSPS) is 24.3. The molecule has 0 amide bonds. The largest absolute Gasteiger partial charge is 0.212 e. The molecule has 0 aromatic carbocycles. The molecule has 1 aliphatic carbocycles. The van der Waals surface area contributed by atoms with E-state index in [-0.39, 0.29) is 0 Å². The molecule has 3 rings (SSSR count). The van der Waals surface area contributed by atoms with Crippen molar-refractivity contribution in [1.29, 1.82) is 0 Å². The van der Waals surface area contributed by atoms with Gasteiger partial charge in [-0.15, -0.1) is 10.2 Å². The molecule has 2 heterocycles. The number of fused-ring (bicyclic) bond motifs is 2. The molecule has 0 bridgehead atoms. The first kappa shape index (κ1) is 10.3. The predicted molar refractivity (Wildman–Crippen MR) is 65.0 cm³/mol. The Balaban J connectivity index is 1.98. The highest BCUT2D eigenvalue weighted by molar-refractivity contribution is 8.00. The molecular formula is C11H16N4S. The van der Waals surface area contributed by atoms with Gasteiger partial charge >= 0.3 is 0 Å². The highest BCUT2D eigenvalue weighted by Gasteiger charge is 2.27. The van der Waals surface area contributed by atoms with Crippen LogP contribution in [-0.4, -0.2) is 25.8 Å². The highest BCUT2D eigenvalue weighted by atomic mass is 32.2. The number of thioether (sulfide) groups is 1. The van der Waals surface area contributed by atoms with Crippen molar-refractivity contribution in [3.05, 3.63) is 5.82 Å². The molecule has 0 radical (unpaired) electrons. The molecule has 0 N–H and O–H groups in total. The maximum absolute atomic E-state index is 4.75. The lowest BCUT2D eigenvalue weighted by Crippen LogP contribution is -2.22. The molecule has 86 valence electrons. The van der Waals surface area contributed by atoms with Crippen molar-refractivity contribution in [3.8, 4) is 0 Å². The van der Waals surface area contributed by atoms with E-state index < -0.39 is 0 Å². The van der Waals surface area contributed by atoms with Crippen molar-refractivity contribution in [1.82, 2.24) is 14.9 Å². The Hall–Kier alpha value is -0.840. The van der Waals surface area contributed by atoms with Crippen molar-refractivity contribution < 1.29 is 0 Å². The van der Waals surface area contributed by atoms with Crippen LogP contribution in [0.15, 0.2) is 10.3 Å². The van der Waals surface area contributed by atoms with Crippen LogP contribution in [0.5, 0.6) is 0 Å². The van der Waals surface area contributed by atoms with Gasteiger partial charge in [0, 0.05) is 6.42 Å². The Labute approximate surface area is 99.5 Å². The van der Waals surface area contributed by atoms with Crippen molar-refractivity contribution in [2.75, 3.05) is 0 Å². The zero-order chi connectivity index (χ0) is 11.0. The average Bonchev–Trinajstić information content (AvgIpc) is 2.55. The molecule has 0 saturated heterocycles. The number of hydrogen-bond donors (Lipinski definition) is 0. The van der Waals surface area contributed by atoms with Crippen molar-refractivity contribution in [3.63, 3.8) is 0 Å². The Bertz CT molecular complexity index is 424. The number of hydrogen-bond acceptors (Lipinski definition) is 4. The first-order valence-corrected chi connectivity index (χ1v) is 6.95. The Morgan fingerprint density at radius 2 is 2.25 bits per heavy atom. The molecule has 5 heteroatoms. The summed E-state index contributed by atoms with van der Waals surface area (Å²) >= 11 is 1.85. The molecule has 1 aromatic rings. The van der Waals surface area contributed by atoms with Crippen LogP contribution >= 0.6 is 11.8 Å². The Morgan fingerprint density at radius 1 is 1.31 bits per heavy atom. The summed E-state index contributed by atoms with van der Waals surface area (Å²) in [5.74, 6) is 0.984. The van der Waals surface area contributed by atoms with Gasteiger partial charge in [0.25, 0.3) is 0 Å². The lowest BCUT2D eigenvalue weighted by atomic mass is 10.2. The minimum atomic E-state index is 0.559. The standard InChI is InChI=1S/C11H16N4S/c1-2-10-12-13-11-15(10)14-8-6-4-3-5-7-9(8)16-11/h9H,2-7H2,1H3. The monoisotopic (exact) mass is 236 g/mol. The van der Waals surface area contributed by atoms with E-state index in [9.17, 15) is 0 Å². The fourth-order valence-corrected chi connectivity index (χ4v) is 3.50. The summed E-state index contributed by atoms with van der Waals surface area (Å²) in [6, 6.07) is 0. The van der Waals surface area contributed by atoms with Crippen LogP contribution in [0.4, 0.5) is 0 Å². The lowest BCUT2D eigenvalue weighted by molar-refractivity contribution is 0.692. The zero-order valence-electron chi connectivity index (χ0n) is 9.52. The van der Waals surface area contributed by atoms with Gasteiger partial charge < -0.3 is 0 Å². The minimum absolute atomic E-state index is 0.559. The van der Waals surface area contributed by atoms with Crippen LogP contribution in [0.2, 0.25) is 0 Å². The first-order chi connectivity index (χ1) is 7.88. The second kappa shape index (κ2) is 4.20. The van der Waals surface area contributed by atoms with E-state index in [1.54, 1.807) is 0 Å². The van der Waals surface area contributed by atoms with Crippen LogP contribution < -0.4 is 0 Å².